The van der Waals surface area contributed by atoms with Gasteiger partial charge in [0.2, 0.25) is 0 Å². The largest absolute Gasteiger partial charge is 0.315 e. The summed E-state index contributed by atoms with van der Waals surface area (Å²) in [5, 5.41) is 3.25. The van der Waals surface area contributed by atoms with Crippen LogP contribution in [0.4, 0.5) is 0 Å². The number of hydrogen-bond acceptors (Lipinski definition) is 3. The number of rotatable bonds is 3. The van der Waals surface area contributed by atoms with Crippen LogP contribution in [0.5, 0.6) is 0 Å². The monoisotopic (exact) mass is 289 g/mol. The molecule has 0 spiro atoms. The fourth-order valence-corrected chi connectivity index (χ4v) is 4.67. The van der Waals surface area contributed by atoms with Crippen molar-refractivity contribution in [3.8, 4) is 0 Å². The standard InChI is InChI=1S/C13H27N3O2S/c1-12(2)13-4-9-16(10-5-13)19(17,18)15-8-3-6-14-7-11-15/h12-14H,3-11H2,1-2H3. The van der Waals surface area contributed by atoms with Crippen LogP contribution in [0, 0.1) is 11.8 Å². The zero-order chi connectivity index (χ0) is 13.9. The average molecular weight is 289 g/mol. The minimum absolute atomic E-state index is 0.604. The van der Waals surface area contributed by atoms with E-state index in [1.54, 1.807) is 8.61 Å². The molecule has 112 valence electrons. The minimum Gasteiger partial charge on any atom is -0.315 e. The van der Waals surface area contributed by atoms with Crippen LogP contribution in [0.1, 0.15) is 33.1 Å². The van der Waals surface area contributed by atoms with Crippen molar-refractivity contribution in [1.29, 1.82) is 0 Å². The Bertz CT molecular complexity index is 367. The quantitative estimate of drug-likeness (QED) is 0.840. The Morgan fingerprint density at radius 1 is 1.00 bits per heavy atom. The molecule has 0 atom stereocenters. The lowest BCUT2D eigenvalue weighted by atomic mass is 9.87. The molecule has 0 aliphatic carbocycles. The summed E-state index contributed by atoms with van der Waals surface area (Å²) in [6.07, 6.45) is 2.91. The van der Waals surface area contributed by atoms with E-state index in [0.29, 0.717) is 38.0 Å². The van der Waals surface area contributed by atoms with Crippen LogP contribution in [0.3, 0.4) is 0 Å². The number of nitrogens with zero attached hydrogens (tertiary/aromatic N) is 2. The van der Waals surface area contributed by atoms with E-state index in [4.69, 9.17) is 0 Å². The molecule has 0 radical (unpaired) electrons. The number of hydrogen-bond donors (Lipinski definition) is 1. The highest BCUT2D eigenvalue weighted by molar-refractivity contribution is 7.86. The third-order valence-electron chi connectivity index (χ3n) is 4.39. The highest BCUT2D eigenvalue weighted by Gasteiger charge is 2.33. The molecule has 0 saturated carbocycles. The van der Waals surface area contributed by atoms with E-state index in [9.17, 15) is 8.42 Å². The molecule has 5 nitrogen and oxygen atoms in total. The van der Waals surface area contributed by atoms with Crippen LogP contribution in [0.2, 0.25) is 0 Å². The SMILES string of the molecule is CC(C)C1CCN(S(=O)(=O)N2CCCNCC2)CC1. The highest BCUT2D eigenvalue weighted by Crippen LogP contribution is 2.26. The summed E-state index contributed by atoms with van der Waals surface area (Å²) in [5.41, 5.74) is 0. The molecule has 0 aromatic heterocycles. The highest BCUT2D eigenvalue weighted by atomic mass is 32.2. The van der Waals surface area contributed by atoms with Gasteiger partial charge in [-0.2, -0.15) is 17.0 Å². The van der Waals surface area contributed by atoms with E-state index in [1.165, 1.54) is 0 Å². The Morgan fingerprint density at radius 3 is 2.26 bits per heavy atom. The van der Waals surface area contributed by atoms with Crippen LogP contribution < -0.4 is 5.32 Å². The Labute approximate surface area is 117 Å². The van der Waals surface area contributed by atoms with Crippen molar-refractivity contribution >= 4 is 10.2 Å². The first-order chi connectivity index (χ1) is 9.01. The number of piperidine rings is 1. The number of nitrogens with one attached hydrogen (secondary N) is 1. The lowest BCUT2D eigenvalue weighted by Gasteiger charge is -2.35. The molecular formula is C13H27N3O2S. The summed E-state index contributed by atoms with van der Waals surface area (Å²) in [6, 6.07) is 0. The predicted molar refractivity (Wildman–Crippen MR) is 77.1 cm³/mol. The Balaban J connectivity index is 1.96. The molecule has 2 aliphatic rings. The van der Waals surface area contributed by atoms with Gasteiger partial charge in [-0.1, -0.05) is 13.8 Å². The fraction of sp³-hybridized carbons (Fsp3) is 1.00. The topological polar surface area (TPSA) is 52.7 Å². The average Bonchev–Trinajstić information content (AvgIpc) is 2.68. The van der Waals surface area contributed by atoms with Crippen LogP contribution >= 0.6 is 0 Å². The molecule has 2 fully saturated rings. The van der Waals surface area contributed by atoms with Gasteiger partial charge in [-0.3, -0.25) is 0 Å². The Morgan fingerprint density at radius 2 is 1.63 bits per heavy atom. The molecule has 2 heterocycles. The first-order valence-electron chi connectivity index (χ1n) is 7.48. The molecule has 0 aromatic rings. The van der Waals surface area contributed by atoms with Gasteiger partial charge in [0.15, 0.2) is 0 Å². The third kappa shape index (κ3) is 3.68. The molecule has 19 heavy (non-hydrogen) atoms. The maximum absolute atomic E-state index is 12.6. The molecule has 2 saturated heterocycles. The summed E-state index contributed by atoms with van der Waals surface area (Å²) in [7, 11) is -3.23. The normalized spacial score (nSPS) is 25.6. The zero-order valence-electron chi connectivity index (χ0n) is 12.1. The fourth-order valence-electron chi connectivity index (χ4n) is 2.99. The lowest BCUT2D eigenvalue weighted by Crippen LogP contribution is -2.48. The lowest BCUT2D eigenvalue weighted by molar-refractivity contribution is 0.216. The van der Waals surface area contributed by atoms with E-state index < -0.39 is 10.2 Å². The second-order valence-corrected chi connectivity index (χ2v) is 7.92. The second kappa shape index (κ2) is 6.52. The molecule has 0 amide bonds. The van der Waals surface area contributed by atoms with Gasteiger partial charge in [-0.25, -0.2) is 0 Å². The van der Waals surface area contributed by atoms with Gasteiger partial charge in [-0.15, -0.1) is 0 Å². The van der Waals surface area contributed by atoms with Crippen LogP contribution in [0.15, 0.2) is 0 Å². The van der Waals surface area contributed by atoms with E-state index in [0.717, 1.165) is 32.4 Å². The van der Waals surface area contributed by atoms with Crippen molar-refractivity contribution in [3.63, 3.8) is 0 Å². The summed E-state index contributed by atoms with van der Waals surface area (Å²) in [6.45, 7) is 8.78. The zero-order valence-corrected chi connectivity index (χ0v) is 13.0. The smallest absolute Gasteiger partial charge is 0.282 e. The molecule has 6 heteroatoms. The van der Waals surface area contributed by atoms with Gasteiger partial charge in [-0.05, 0) is 37.6 Å². The first kappa shape index (κ1) is 15.2. The van der Waals surface area contributed by atoms with E-state index >= 15 is 0 Å². The van der Waals surface area contributed by atoms with Crippen molar-refractivity contribution in [2.75, 3.05) is 39.3 Å². The van der Waals surface area contributed by atoms with E-state index in [-0.39, 0.29) is 0 Å². The first-order valence-corrected chi connectivity index (χ1v) is 8.87. The van der Waals surface area contributed by atoms with Gasteiger partial charge >= 0.3 is 0 Å². The molecule has 0 unspecified atom stereocenters. The van der Waals surface area contributed by atoms with Crippen molar-refractivity contribution in [1.82, 2.24) is 13.9 Å². The van der Waals surface area contributed by atoms with E-state index in [2.05, 4.69) is 19.2 Å². The molecule has 2 rings (SSSR count). The molecule has 2 aliphatic heterocycles. The maximum atomic E-state index is 12.6. The van der Waals surface area contributed by atoms with Gasteiger partial charge < -0.3 is 5.32 Å². The molecule has 0 aromatic carbocycles. The van der Waals surface area contributed by atoms with Gasteiger partial charge in [0.1, 0.15) is 0 Å². The van der Waals surface area contributed by atoms with Crippen molar-refractivity contribution in [2.24, 2.45) is 11.8 Å². The van der Waals surface area contributed by atoms with E-state index in [1.807, 2.05) is 0 Å². The molecule has 0 bridgehead atoms. The summed E-state index contributed by atoms with van der Waals surface area (Å²) in [4.78, 5) is 0. The maximum Gasteiger partial charge on any atom is 0.282 e. The van der Waals surface area contributed by atoms with Gasteiger partial charge in [0, 0.05) is 32.7 Å². The van der Waals surface area contributed by atoms with Crippen LogP contribution in [-0.2, 0) is 10.2 Å². The Hall–Kier alpha value is -0.170. The van der Waals surface area contributed by atoms with Gasteiger partial charge in [0.05, 0.1) is 0 Å². The summed E-state index contributed by atoms with van der Waals surface area (Å²) < 4.78 is 28.5. The summed E-state index contributed by atoms with van der Waals surface area (Å²) in [5.74, 6) is 1.34. The van der Waals surface area contributed by atoms with Crippen LogP contribution in [-0.4, -0.2) is 56.3 Å². The van der Waals surface area contributed by atoms with Crippen LogP contribution in [0.25, 0.3) is 0 Å². The molecular weight excluding hydrogens is 262 g/mol. The third-order valence-corrected chi connectivity index (χ3v) is 6.43. The second-order valence-electron chi connectivity index (χ2n) is 5.99. The molecule has 1 N–H and O–H groups in total. The van der Waals surface area contributed by atoms with Crippen molar-refractivity contribution in [3.05, 3.63) is 0 Å². The van der Waals surface area contributed by atoms with Gasteiger partial charge in [0.25, 0.3) is 10.2 Å². The predicted octanol–water partition coefficient (Wildman–Crippen LogP) is 0.895. The minimum atomic E-state index is -3.23. The van der Waals surface area contributed by atoms with Crippen molar-refractivity contribution < 1.29 is 8.42 Å². The van der Waals surface area contributed by atoms with Crippen molar-refractivity contribution in [2.45, 2.75) is 33.1 Å². The Kier molecular flexibility index (Phi) is 5.22. The summed E-state index contributed by atoms with van der Waals surface area (Å²) >= 11 is 0.